The molecule has 4 heteroatoms. The first-order chi connectivity index (χ1) is 8.47. The third kappa shape index (κ3) is 3.18. The van der Waals surface area contributed by atoms with Crippen molar-refractivity contribution in [2.75, 3.05) is 0 Å². The van der Waals surface area contributed by atoms with Gasteiger partial charge in [-0.2, -0.15) is 0 Å². The van der Waals surface area contributed by atoms with E-state index in [0.29, 0.717) is 0 Å². The number of aliphatic hydroxyl groups is 2. The predicted molar refractivity (Wildman–Crippen MR) is 66.5 cm³/mol. The molecule has 2 rings (SSSR count). The first kappa shape index (κ1) is 12.8. The van der Waals surface area contributed by atoms with Crippen LogP contribution in [0.1, 0.15) is 24.0 Å². The minimum atomic E-state index is -1.71. The smallest absolute Gasteiger partial charge is 0.311 e. The molecule has 0 radical (unpaired) electrons. The third-order valence-corrected chi connectivity index (χ3v) is 2.83. The van der Waals surface area contributed by atoms with Crippen molar-refractivity contribution in [2.45, 2.75) is 31.7 Å². The summed E-state index contributed by atoms with van der Waals surface area (Å²) in [5.74, 6) is -2.30. The summed E-state index contributed by atoms with van der Waals surface area (Å²) in [7, 11) is 0. The van der Waals surface area contributed by atoms with E-state index in [1.165, 1.54) is 6.08 Å². The summed E-state index contributed by atoms with van der Waals surface area (Å²) >= 11 is 0. The molecule has 1 aromatic rings. The van der Waals surface area contributed by atoms with Crippen molar-refractivity contribution in [1.82, 2.24) is 0 Å². The van der Waals surface area contributed by atoms with Gasteiger partial charge in [0.2, 0.25) is 5.79 Å². The molecule has 18 heavy (non-hydrogen) atoms. The van der Waals surface area contributed by atoms with E-state index in [1.54, 1.807) is 6.08 Å². The average molecular weight is 248 g/mol. The quantitative estimate of drug-likeness (QED) is 0.776. The first-order valence-corrected chi connectivity index (χ1v) is 5.85. The van der Waals surface area contributed by atoms with Gasteiger partial charge in [-0.15, -0.1) is 0 Å². The lowest BCUT2D eigenvalue weighted by Gasteiger charge is -2.31. The molecule has 4 nitrogen and oxygen atoms in total. The molecular weight excluding hydrogens is 232 g/mol. The summed E-state index contributed by atoms with van der Waals surface area (Å²) in [5.41, 5.74) is 2.04. The van der Waals surface area contributed by atoms with Crippen LogP contribution in [0, 0.1) is 6.92 Å². The van der Waals surface area contributed by atoms with Crippen molar-refractivity contribution < 1.29 is 19.7 Å². The van der Waals surface area contributed by atoms with Crippen LogP contribution in [0.5, 0.6) is 0 Å². The summed E-state index contributed by atoms with van der Waals surface area (Å²) < 4.78 is 4.86. The average Bonchev–Trinajstić information content (AvgIpc) is 2.26. The highest BCUT2D eigenvalue weighted by Gasteiger charge is 2.37. The molecule has 0 saturated carbocycles. The van der Waals surface area contributed by atoms with E-state index in [1.807, 2.05) is 31.2 Å². The number of esters is 1. The standard InChI is InChI=1S/C14H16O4/c1-10-2-4-11(5-3-10)6-7-14(17)9-12(15)8-13(16)18-14/h2-7,12,15,17H,8-9H2,1H3/t12-,14+/m1/s1. The monoisotopic (exact) mass is 248 g/mol. The molecule has 0 amide bonds. The number of carbonyl (C=O) groups is 1. The maximum Gasteiger partial charge on any atom is 0.311 e. The van der Waals surface area contributed by atoms with Gasteiger partial charge < -0.3 is 14.9 Å². The number of benzene rings is 1. The number of hydrogen-bond donors (Lipinski definition) is 2. The number of rotatable bonds is 2. The van der Waals surface area contributed by atoms with Gasteiger partial charge in [0.15, 0.2) is 0 Å². The van der Waals surface area contributed by atoms with E-state index in [0.717, 1.165) is 11.1 Å². The number of ether oxygens (including phenoxy) is 1. The Kier molecular flexibility index (Phi) is 3.50. The fourth-order valence-electron chi connectivity index (χ4n) is 1.89. The zero-order chi connectivity index (χ0) is 13.2. The number of aryl methyl sites for hydroxylation is 1. The van der Waals surface area contributed by atoms with Crippen molar-refractivity contribution >= 4 is 12.0 Å². The third-order valence-electron chi connectivity index (χ3n) is 2.83. The lowest BCUT2D eigenvalue weighted by atomic mass is 10.0. The highest BCUT2D eigenvalue weighted by atomic mass is 16.7. The zero-order valence-electron chi connectivity index (χ0n) is 10.2. The Labute approximate surface area is 106 Å². The van der Waals surface area contributed by atoms with Gasteiger partial charge in [0.25, 0.3) is 0 Å². The number of hydrogen-bond acceptors (Lipinski definition) is 4. The van der Waals surface area contributed by atoms with Crippen LogP contribution in [0.25, 0.3) is 6.08 Å². The maximum atomic E-state index is 11.2. The van der Waals surface area contributed by atoms with Crippen molar-refractivity contribution in [3.63, 3.8) is 0 Å². The van der Waals surface area contributed by atoms with Crippen LogP contribution in [0.4, 0.5) is 0 Å². The topological polar surface area (TPSA) is 66.8 Å². The summed E-state index contributed by atoms with van der Waals surface area (Å²) in [6.07, 6.45) is 2.14. The number of carbonyl (C=O) groups excluding carboxylic acids is 1. The second-order valence-corrected chi connectivity index (χ2v) is 4.62. The van der Waals surface area contributed by atoms with E-state index in [9.17, 15) is 15.0 Å². The lowest BCUT2D eigenvalue weighted by Crippen LogP contribution is -2.42. The first-order valence-electron chi connectivity index (χ1n) is 5.85. The molecule has 2 atom stereocenters. The second kappa shape index (κ2) is 4.92. The summed E-state index contributed by atoms with van der Waals surface area (Å²) in [4.78, 5) is 11.2. The minimum Gasteiger partial charge on any atom is -0.429 e. The largest absolute Gasteiger partial charge is 0.429 e. The minimum absolute atomic E-state index is 0.00109. The summed E-state index contributed by atoms with van der Waals surface area (Å²) in [5, 5.41) is 19.5. The lowest BCUT2D eigenvalue weighted by molar-refractivity contribution is -0.214. The molecule has 1 heterocycles. The van der Waals surface area contributed by atoms with E-state index < -0.39 is 17.9 Å². The fourth-order valence-corrected chi connectivity index (χ4v) is 1.89. The molecule has 1 aromatic carbocycles. The van der Waals surface area contributed by atoms with Crippen molar-refractivity contribution in [3.8, 4) is 0 Å². The molecule has 0 bridgehead atoms. The van der Waals surface area contributed by atoms with E-state index >= 15 is 0 Å². The van der Waals surface area contributed by atoms with Gasteiger partial charge in [0.1, 0.15) is 0 Å². The summed E-state index contributed by atoms with van der Waals surface area (Å²) in [6.45, 7) is 1.99. The second-order valence-electron chi connectivity index (χ2n) is 4.62. The van der Waals surface area contributed by atoms with Crippen LogP contribution in [0.2, 0.25) is 0 Å². The van der Waals surface area contributed by atoms with Crippen LogP contribution in [0.15, 0.2) is 30.3 Å². The molecule has 1 aliphatic rings. The predicted octanol–water partition coefficient (Wildman–Crippen LogP) is 1.39. The molecule has 96 valence electrons. The van der Waals surface area contributed by atoms with Gasteiger partial charge in [-0.3, -0.25) is 4.79 Å². The van der Waals surface area contributed by atoms with Gasteiger partial charge in [-0.25, -0.2) is 0 Å². The highest BCUT2D eigenvalue weighted by molar-refractivity contribution is 5.71. The van der Waals surface area contributed by atoms with Gasteiger partial charge in [-0.05, 0) is 18.6 Å². The van der Waals surface area contributed by atoms with Crippen LogP contribution in [-0.4, -0.2) is 28.1 Å². The Morgan fingerprint density at radius 3 is 2.67 bits per heavy atom. The van der Waals surface area contributed by atoms with Gasteiger partial charge in [0.05, 0.1) is 12.5 Å². The maximum absolute atomic E-state index is 11.2. The van der Waals surface area contributed by atoms with E-state index in [2.05, 4.69) is 0 Å². The normalized spacial score (nSPS) is 28.4. The van der Waals surface area contributed by atoms with E-state index in [4.69, 9.17) is 4.74 Å². The van der Waals surface area contributed by atoms with Crippen LogP contribution < -0.4 is 0 Å². The Balaban J connectivity index is 2.11. The number of aliphatic hydroxyl groups excluding tert-OH is 1. The van der Waals surface area contributed by atoms with Crippen molar-refractivity contribution in [3.05, 3.63) is 41.5 Å². The van der Waals surface area contributed by atoms with Crippen LogP contribution >= 0.6 is 0 Å². The molecule has 1 fully saturated rings. The molecule has 1 saturated heterocycles. The van der Waals surface area contributed by atoms with E-state index in [-0.39, 0.29) is 12.8 Å². The Morgan fingerprint density at radius 1 is 1.39 bits per heavy atom. The van der Waals surface area contributed by atoms with Crippen LogP contribution in [-0.2, 0) is 9.53 Å². The molecular formula is C14H16O4. The molecule has 0 aliphatic carbocycles. The van der Waals surface area contributed by atoms with Crippen molar-refractivity contribution in [2.24, 2.45) is 0 Å². The SMILES string of the molecule is Cc1ccc(C=C[C@@]2(O)C[C@H](O)CC(=O)O2)cc1. The Bertz CT molecular complexity index is 463. The Hall–Kier alpha value is -1.65. The molecule has 0 unspecified atom stereocenters. The molecule has 1 aliphatic heterocycles. The van der Waals surface area contributed by atoms with Gasteiger partial charge in [-0.1, -0.05) is 35.9 Å². The van der Waals surface area contributed by atoms with Gasteiger partial charge in [0, 0.05) is 6.42 Å². The van der Waals surface area contributed by atoms with Crippen LogP contribution in [0.3, 0.4) is 0 Å². The molecule has 0 spiro atoms. The molecule has 0 aromatic heterocycles. The summed E-state index contributed by atoms with van der Waals surface area (Å²) in [6, 6.07) is 7.70. The van der Waals surface area contributed by atoms with Gasteiger partial charge >= 0.3 is 5.97 Å². The Morgan fingerprint density at radius 2 is 2.06 bits per heavy atom. The zero-order valence-corrected chi connectivity index (χ0v) is 10.2. The van der Waals surface area contributed by atoms with Crippen molar-refractivity contribution in [1.29, 1.82) is 0 Å². The molecule has 2 N–H and O–H groups in total. The number of cyclic esters (lactones) is 1. The fraction of sp³-hybridized carbons (Fsp3) is 0.357. The highest BCUT2D eigenvalue weighted by Crippen LogP contribution is 2.25.